The summed E-state index contributed by atoms with van der Waals surface area (Å²) in [6, 6.07) is 7.34. The first-order valence-electron chi connectivity index (χ1n) is 7.14. The Labute approximate surface area is 130 Å². The Hall–Kier alpha value is -2.18. The molecule has 2 aromatic heterocycles. The van der Waals surface area contributed by atoms with E-state index in [-0.39, 0.29) is 11.5 Å². The van der Waals surface area contributed by atoms with Crippen molar-refractivity contribution in [1.82, 2.24) is 9.88 Å². The minimum absolute atomic E-state index is 0.0164. The third-order valence-corrected chi connectivity index (χ3v) is 4.92. The van der Waals surface area contributed by atoms with E-state index in [9.17, 15) is 9.59 Å². The molecule has 0 radical (unpaired) electrons. The summed E-state index contributed by atoms with van der Waals surface area (Å²) in [7, 11) is 0. The van der Waals surface area contributed by atoms with Crippen molar-refractivity contribution >= 4 is 38.2 Å². The molecule has 0 saturated carbocycles. The predicted octanol–water partition coefficient (Wildman–Crippen LogP) is 2.22. The van der Waals surface area contributed by atoms with Gasteiger partial charge in [-0.25, -0.2) is 0 Å². The third kappa shape index (κ3) is 2.12. The quantitative estimate of drug-likeness (QED) is 0.749. The van der Waals surface area contributed by atoms with E-state index in [4.69, 9.17) is 4.74 Å². The Morgan fingerprint density at radius 3 is 2.82 bits per heavy atom. The van der Waals surface area contributed by atoms with E-state index >= 15 is 0 Å². The second-order valence-electron chi connectivity index (χ2n) is 5.28. The Bertz CT molecular complexity index is 922. The van der Waals surface area contributed by atoms with Crippen molar-refractivity contribution < 1.29 is 9.53 Å². The highest BCUT2D eigenvalue weighted by molar-refractivity contribution is 7.18. The second-order valence-corrected chi connectivity index (χ2v) is 6.20. The number of amides is 1. The van der Waals surface area contributed by atoms with Crippen LogP contribution in [-0.2, 0) is 4.74 Å². The first-order chi connectivity index (χ1) is 10.7. The summed E-state index contributed by atoms with van der Waals surface area (Å²) in [6.07, 6.45) is 0. The summed E-state index contributed by atoms with van der Waals surface area (Å²) in [5, 5.41) is 3.58. The minimum atomic E-state index is -0.111. The predicted molar refractivity (Wildman–Crippen MR) is 86.7 cm³/mol. The van der Waals surface area contributed by atoms with Crippen molar-refractivity contribution in [3.63, 3.8) is 0 Å². The van der Waals surface area contributed by atoms with Gasteiger partial charge >= 0.3 is 0 Å². The molecule has 0 unspecified atom stereocenters. The van der Waals surface area contributed by atoms with Crippen molar-refractivity contribution in [2.75, 3.05) is 26.3 Å². The summed E-state index contributed by atoms with van der Waals surface area (Å²) >= 11 is 1.54. The average Bonchev–Trinajstić information content (AvgIpc) is 3.05. The fourth-order valence-corrected chi connectivity index (χ4v) is 3.75. The highest BCUT2D eigenvalue weighted by atomic mass is 32.1. The van der Waals surface area contributed by atoms with Gasteiger partial charge in [-0.3, -0.25) is 9.59 Å². The number of nitrogens with zero attached hydrogens (tertiary/aromatic N) is 1. The zero-order valence-corrected chi connectivity index (χ0v) is 12.6. The number of aromatic amines is 1. The van der Waals surface area contributed by atoms with Crippen LogP contribution in [0.4, 0.5) is 0 Å². The van der Waals surface area contributed by atoms with Gasteiger partial charge in [0.2, 0.25) is 0 Å². The fourth-order valence-electron chi connectivity index (χ4n) is 2.81. The number of benzene rings is 1. The van der Waals surface area contributed by atoms with Gasteiger partial charge in [-0.05, 0) is 23.6 Å². The van der Waals surface area contributed by atoms with Crippen LogP contribution in [0.15, 0.2) is 34.4 Å². The molecule has 1 aliphatic rings. The van der Waals surface area contributed by atoms with Crippen LogP contribution >= 0.6 is 11.3 Å². The number of ether oxygens (including phenoxy) is 1. The highest BCUT2D eigenvalue weighted by Crippen LogP contribution is 2.26. The van der Waals surface area contributed by atoms with Crippen LogP contribution in [0.1, 0.15) is 10.4 Å². The number of H-pyrrole nitrogens is 1. The van der Waals surface area contributed by atoms with Crippen molar-refractivity contribution in [3.05, 3.63) is 45.6 Å². The average molecular weight is 314 g/mol. The van der Waals surface area contributed by atoms with Crippen LogP contribution in [0.25, 0.3) is 21.0 Å². The van der Waals surface area contributed by atoms with Crippen molar-refractivity contribution in [3.8, 4) is 0 Å². The lowest BCUT2D eigenvalue weighted by molar-refractivity contribution is 0.0303. The summed E-state index contributed by atoms with van der Waals surface area (Å²) in [5.74, 6) is -0.0164. The summed E-state index contributed by atoms with van der Waals surface area (Å²) < 4.78 is 6.23. The molecule has 1 saturated heterocycles. The maximum absolute atomic E-state index is 12.5. The highest BCUT2D eigenvalue weighted by Gasteiger charge is 2.19. The van der Waals surface area contributed by atoms with E-state index in [1.165, 1.54) is 0 Å². The normalized spacial score (nSPS) is 15.5. The van der Waals surface area contributed by atoms with Crippen LogP contribution in [0.5, 0.6) is 0 Å². The molecule has 1 N–H and O–H groups in total. The van der Waals surface area contributed by atoms with Gasteiger partial charge in [0, 0.05) is 28.7 Å². The molecule has 3 heterocycles. The maximum Gasteiger partial charge on any atom is 0.257 e. The number of pyridine rings is 1. The molecule has 6 heteroatoms. The summed E-state index contributed by atoms with van der Waals surface area (Å²) in [4.78, 5) is 29.3. The molecule has 5 nitrogen and oxygen atoms in total. The summed E-state index contributed by atoms with van der Waals surface area (Å²) in [5.41, 5.74) is 1.19. The van der Waals surface area contributed by atoms with Crippen molar-refractivity contribution in [2.45, 2.75) is 0 Å². The minimum Gasteiger partial charge on any atom is -0.378 e. The van der Waals surface area contributed by atoms with Crippen molar-refractivity contribution in [2.24, 2.45) is 0 Å². The lowest BCUT2D eigenvalue weighted by Crippen LogP contribution is -2.40. The number of hydrogen-bond donors (Lipinski definition) is 1. The molecule has 0 aliphatic carbocycles. The number of aromatic nitrogens is 1. The number of hydrogen-bond acceptors (Lipinski definition) is 4. The summed E-state index contributed by atoms with van der Waals surface area (Å²) in [6.45, 7) is 2.37. The number of carbonyl (C=O) groups is 1. The van der Waals surface area contributed by atoms with Gasteiger partial charge in [-0.2, -0.15) is 0 Å². The maximum atomic E-state index is 12.5. The fraction of sp³-hybridized carbons (Fsp3) is 0.250. The topological polar surface area (TPSA) is 62.4 Å². The SMILES string of the molecule is O=C(c1ccc2c(c1)[nH]c(=O)c1ccsc12)N1CCOCC1. The molecule has 0 spiro atoms. The van der Waals surface area contributed by atoms with E-state index in [2.05, 4.69) is 4.98 Å². The molecular formula is C16H14N2O3S. The van der Waals surface area contributed by atoms with Gasteiger partial charge < -0.3 is 14.6 Å². The standard InChI is InChI=1S/C16H14N2O3S/c19-15-12-3-8-22-14(12)11-2-1-10(9-13(11)17-15)16(20)18-4-6-21-7-5-18/h1-3,8-9H,4-7H2,(H,17,19). The molecule has 22 heavy (non-hydrogen) atoms. The third-order valence-electron chi connectivity index (χ3n) is 3.97. The molecule has 0 atom stereocenters. The number of nitrogens with one attached hydrogen (secondary N) is 1. The number of fused-ring (bicyclic) bond motifs is 3. The molecule has 1 aliphatic heterocycles. The molecular weight excluding hydrogens is 300 g/mol. The van der Waals surface area contributed by atoms with Crippen molar-refractivity contribution in [1.29, 1.82) is 0 Å². The van der Waals surface area contributed by atoms with Crippen LogP contribution in [0.3, 0.4) is 0 Å². The van der Waals surface area contributed by atoms with Crippen LogP contribution in [0.2, 0.25) is 0 Å². The first kappa shape index (κ1) is 13.5. The Kier molecular flexibility index (Phi) is 3.20. The largest absolute Gasteiger partial charge is 0.378 e. The van der Waals surface area contributed by atoms with E-state index < -0.39 is 0 Å². The van der Waals surface area contributed by atoms with Gasteiger partial charge in [-0.15, -0.1) is 11.3 Å². The molecule has 112 valence electrons. The number of carbonyl (C=O) groups excluding carboxylic acids is 1. The molecule has 1 amide bonds. The van der Waals surface area contributed by atoms with Gasteiger partial charge in [-0.1, -0.05) is 6.07 Å². The van der Waals surface area contributed by atoms with Gasteiger partial charge in [0.25, 0.3) is 11.5 Å². The first-order valence-corrected chi connectivity index (χ1v) is 8.02. The lowest BCUT2D eigenvalue weighted by atomic mass is 10.1. The van der Waals surface area contributed by atoms with E-state index in [1.807, 2.05) is 23.6 Å². The van der Waals surface area contributed by atoms with Crippen LogP contribution in [-0.4, -0.2) is 42.1 Å². The second kappa shape index (κ2) is 5.23. The lowest BCUT2D eigenvalue weighted by Gasteiger charge is -2.26. The molecule has 1 fully saturated rings. The number of thiophene rings is 1. The van der Waals surface area contributed by atoms with Gasteiger partial charge in [0.1, 0.15) is 0 Å². The Morgan fingerprint density at radius 1 is 1.18 bits per heavy atom. The Morgan fingerprint density at radius 2 is 2.00 bits per heavy atom. The van der Waals surface area contributed by atoms with E-state index in [0.717, 1.165) is 10.1 Å². The zero-order chi connectivity index (χ0) is 15.1. The monoisotopic (exact) mass is 314 g/mol. The van der Waals surface area contributed by atoms with E-state index in [1.54, 1.807) is 22.3 Å². The Balaban J connectivity index is 1.81. The van der Waals surface area contributed by atoms with Gasteiger partial charge in [0.05, 0.1) is 24.1 Å². The van der Waals surface area contributed by atoms with Crippen LogP contribution < -0.4 is 5.56 Å². The van der Waals surface area contributed by atoms with Crippen LogP contribution in [0, 0.1) is 0 Å². The number of rotatable bonds is 1. The van der Waals surface area contributed by atoms with Gasteiger partial charge in [0.15, 0.2) is 0 Å². The molecule has 3 aromatic rings. The molecule has 0 bridgehead atoms. The molecule has 1 aromatic carbocycles. The smallest absolute Gasteiger partial charge is 0.257 e. The zero-order valence-electron chi connectivity index (χ0n) is 11.8. The number of morpholine rings is 1. The van der Waals surface area contributed by atoms with E-state index in [0.29, 0.717) is 42.8 Å². The molecule has 4 rings (SSSR count).